The van der Waals surface area contributed by atoms with E-state index < -0.39 is 0 Å². The van der Waals surface area contributed by atoms with Gasteiger partial charge >= 0.3 is 0 Å². The Labute approximate surface area is 153 Å². The van der Waals surface area contributed by atoms with Gasteiger partial charge in [-0.1, -0.05) is 60.7 Å². The molecule has 0 atom stereocenters. The minimum Gasteiger partial charge on any atom is -0.352 e. The molecule has 0 aromatic heterocycles. The fourth-order valence-corrected chi connectivity index (χ4v) is 2.35. The van der Waals surface area contributed by atoms with Crippen molar-refractivity contribution in [3.8, 4) is 11.1 Å². The Kier molecular flexibility index (Phi) is 7.31. The van der Waals surface area contributed by atoms with Crippen molar-refractivity contribution in [2.75, 3.05) is 6.54 Å². The van der Waals surface area contributed by atoms with E-state index in [1.807, 2.05) is 54.6 Å². The highest BCUT2D eigenvalue weighted by molar-refractivity contribution is 6.00. The Balaban J connectivity index is 1.84. The molecule has 0 spiro atoms. The molecule has 2 rings (SSSR count). The van der Waals surface area contributed by atoms with Gasteiger partial charge in [-0.25, -0.2) is 5.43 Å². The van der Waals surface area contributed by atoms with E-state index in [0.29, 0.717) is 12.3 Å². The lowest BCUT2D eigenvalue weighted by Gasteiger charge is -2.05. The van der Waals surface area contributed by atoms with Gasteiger partial charge < -0.3 is 5.32 Å². The highest BCUT2D eigenvalue weighted by Gasteiger charge is 2.05. The van der Waals surface area contributed by atoms with E-state index in [-0.39, 0.29) is 24.7 Å². The zero-order valence-corrected chi connectivity index (χ0v) is 14.9. The summed E-state index contributed by atoms with van der Waals surface area (Å²) in [7, 11) is 0. The van der Waals surface area contributed by atoms with Crippen LogP contribution in [-0.2, 0) is 16.0 Å². The monoisotopic (exact) mass is 349 g/mol. The first kappa shape index (κ1) is 19.1. The first-order valence-electron chi connectivity index (χ1n) is 8.42. The van der Waals surface area contributed by atoms with Crippen LogP contribution in [0.4, 0.5) is 0 Å². The summed E-state index contributed by atoms with van der Waals surface area (Å²) in [5.41, 5.74) is 6.17. The molecule has 0 heterocycles. The molecule has 0 aliphatic heterocycles. The van der Waals surface area contributed by atoms with Gasteiger partial charge in [-0.05, 0) is 23.6 Å². The van der Waals surface area contributed by atoms with E-state index in [9.17, 15) is 9.59 Å². The van der Waals surface area contributed by atoms with Crippen LogP contribution in [0.2, 0.25) is 0 Å². The van der Waals surface area contributed by atoms with Crippen molar-refractivity contribution in [3.05, 3.63) is 72.8 Å². The second kappa shape index (κ2) is 9.93. The summed E-state index contributed by atoms with van der Waals surface area (Å²) in [5, 5.41) is 6.62. The van der Waals surface area contributed by atoms with Crippen LogP contribution >= 0.6 is 0 Å². The van der Waals surface area contributed by atoms with Crippen molar-refractivity contribution in [1.82, 2.24) is 10.7 Å². The summed E-state index contributed by atoms with van der Waals surface area (Å²) >= 11 is 0. The maximum absolute atomic E-state index is 12.0. The van der Waals surface area contributed by atoms with Crippen molar-refractivity contribution in [1.29, 1.82) is 0 Å². The number of carbonyl (C=O) groups excluding carboxylic acids is 2. The van der Waals surface area contributed by atoms with E-state index in [2.05, 4.69) is 22.4 Å². The lowest BCUT2D eigenvalue weighted by Crippen LogP contribution is -2.26. The Morgan fingerprint density at radius 3 is 2.31 bits per heavy atom. The van der Waals surface area contributed by atoms with Gasteiger partial charge in [0.05, 0.1) is 12.8 Å². The van der Waals surface area contributed by atoms with Gasteiger partial charge in [-0.15, -0.1) is 6.58 Å². The molecule has 5 nitrogen and oxygen atoms in total. The average molecular weight is 349 g/mol. The van der Waals surface area contributed by atoms with Crippen LogP contribution < -0.4 is 10.7 Å². The molecule has 0 saturated carbocycles. The fraction of sp³-hybridized carbons (Fsp3) is 0.190. The molecule has 0 aliphatic rings. The van der Waals surface area contributed by atoms with Gasteiger partial charge in [0.2, 0.25) is 11.8 Å². The smallest absolute Gasteiger partial charge is 0.244 e. The van der Waals surface area contributed by atoms with Crippen LogP contribution in [0.1, 0.15) is 18.9 Å². The second-order valence-electron chi connectivity index (χ2n) is 5.89. The molecule has 0 saturated heterocycles. The van der Waals surface area contributed by atoms with Crippen LogP contribution in [0.5, 0.6) is 0 Å². The fourth-order valence-electron chi connectivity index (χ4n) is 2.35. The Bertz CT molecular complexity index is 781. The average Bonchev–Trinajstić information content (AvgIpc) is 2.66. The van der Waals surface area contributed by atoms with Crippen molar-refractivity contribution in [2.24, 2.45) is 5.10 Å². The summed E-state index contributed by atoms with van der Waals surface area (Å²) in [5.74, 6) is -0.375. The number of hydrazone groups is 1. The maximum Gasteiger partial charge on any atom is 0.244 e. The molecular weight excluding hydrogens is 326 g/mol. The lowest BCUT2D eigenvalue weighted by molar-refractivity contribution is -0.121. The highest BCUT2D eigenvalue weighted by atomic mass is 16.2. The summed E-state index contributed by atoms with van der Waals surface area (Å²) < 4.78 is 0. The van der Waals surface area contributed by atoms with Gasteiger partial charge in [-0.2, -0.15) is 5.10 Å². The van der Waals surface area contributed by atoms with Crippen molar-refractivity contribution in [2.45, 2.75) is 19.8 Å². The Hall–Kier alpha value is -3.21. The molecule has 26 heavy (non-hydrogen) atoms. The highest BCUT2D eigenvalue weighted by Crippen LogP contribution is 2.19. The maximum atomic E-state index is 12.0. The zero-order valence-electron chi connectivity index (χ0n) is 14.9. The number of nitrogens with one attached hydrogen (secondary N) is 2. The zero-order chi connectivity index (χ0) is 18.8. The number of rotatable bonds is 8. The van der Waals surface area contributed by atoms with Crippen LogP contribution in [0.3, 0.4) is 0 Å². The van der Waals surface area contributed by atoms with E-state index in [1.165, 1.54) is 0 Å². The molecule has 0 unspecified atom stereocenters. The van der Waals surface area contributed by atoms with E-state index in [1.54, 1.807) is 13.0 Å². The summed E-state index contributed by atoms with van der Waals surface area (Å²) in [4.78, 5) is 23.5. The van der Waals surface area contributed by atoms with Crippen molar-refractivity contribution < 1.29 is 9.59 Å². The third-order valence-corrected chi connectivity index (χ3v) is 3.66. The van der Waals surface area contributed by atoms with Crippen LogP contribution in [0, 0.1) is 0 Å². The standard InChI is InChI=1S/C21H23N3O2/c1-3-13-22-20(25)14-16(2)23-24-21(26)15-17-9-11-19(12-10-17)18-7-5-4-6-8-18/h3-12H,1,13-15H2,2H3,(H,22,25)(H,24,26)/b23-16+. The molecule has 2 amide bonds. The molecule has 2 N–H and O–H groups in total. The van der Waals surface area contributed by atoms with Gasteiger partial charge in [0.25, 0.3) is 0 Å². The topological polar surface area (TPSA) is 70.6 Å². The van der Waals surface area contributed by atoms with Crippen LogP contribution in [0.15, 0.2) is 72.4 Å². The molecule has 134 valence electrons. The first-order valence-corrected chi connectivity index (χ1v) is 8.42. The predicted octanol–water partition coefficient (Wildman–Crippen LogP) is 3.08. The normalized spacial score (nSPS) is 10.9. The largest absolute Gasteiger partial charge is 0.352 e. The Morgan fingerprint density at radius 1 is 1.00 bits per heavy atom. The minimum atomic E-state index is -0.219. The number of hydrogen-bond acceptors (Lipinski definition) is 3. The summed E-state index contributed by atoms with van der Waals surface area (Å²) in [6.45, 7) is 5.64. The van der Waals surface area contributed by atoms with E-state index in [4.69, 9.17) is 0 Å². The molecule has 0 radical (unpaired) electrons. The summed E-state index contributed by atoms with van der Waals surface area (Å²) in [6.07, 6.45) is 1.98. The van der Waals surface area contributed by atoms with Gasteiger partial charge in [0, 0.05) is 12.3 Å². The lowest BCUT2D eigenvalue weighted by atomic mass is 10.0. The predicted molar refractivity (Wildman–Crippen MR) is 105 cm³/mol. The number of carbonyl (C=O) groups is 2. The van der Waals surface area contributed by atoms with Gasteiger partial charge in [-0.3, -0.25) is 9.59 Å². The third kappa shape index (κ3) is 6.36. The number of amides is 2. The van der Waals surface area contributed by atoms with Gasteiger partial charge in [0.1, 0.15) is 0 Å². The molecule has 5 heteroatoms. The van der Waals surface area contributed by atoms with Crippen LogP contribution in [-0.4, -0.2) is 24.1 Å². The molecule has 0 fully saturated rings. The number of nitrogens with zero attached hydrogens (tertiary/aromatic N) is 1. The number of benzene rings is 2. The molecule has 0 bridgehead atoms. The SMILES string of the molecule is C=CCNC(=O)C/C(C)=N/NC(=O)Cc1ccc(-c2ccccc2)cc1. The molecule has 2 aromatic rings. The second-order valence-corrected chi connectivity index (χ2v) is 5.89. The van der Waals surface area contributed by atoms with Crippen LogP contribution in [0.25, 0.3) is 11.1 Å². The first-order chi connectivity index (χ1) is 12.6. The van der Waals surface area contributed by atoms with Crippen molar-refractivity contribution >= 4 is 17.5 Å². The van der Waals surface area contributed by atoms with Crippen molar-refractivity contribution in [3.63, 3.8) is 0 Å². The molecule has 2 aromatic carbocycles. The minimum absolute atomic E-state index is 0.139. The number of hydrogen-bond donors (Lipinski definition) is 2. The van der Waals surface area contributed by atoms with E-state index >= 15 is 0 Å². The third-order valence-electron chi connectivity index (χ3n) is 3.66. The molecular formula is C21H23N3O2. The quantitative estimate of drug-likeness (QED) is 0.437. The van der Waals surface area contributed by atoms with E-state index in [0.717, 1.165) is 16.7 Å². The Morgan fingerprint density at radius 2 is 1.65 bits per heavy atom. The molecule has 0 aliphatic carbocycles. The summed E-state index contributed by atoms with van der Waals surface area (Å²) in [6, 6.07) is 17.9. The van der Waals surface area contributed by atoms with Gasteiger partial charge in [0.15, 0.2) is 0 Å².